The second kappa shape index (κ2) is 6.19. The third-order valence-electron chi connectivity index (χ3n) is 3.44. The molecule has 3 nitrogen and oxygen atoms in total. The van der Waals surface area contributed by atoms with Gasteiger partial charge in [0.1, 0.15) is 5.75 Å². The number of ether oxygens (including phenoxy) is 1. The van der Waals surface area contributed by atoms with Crippen LogP contribution < -0.4 is 10.1 Å². The normalized spacial score (nSPS) is 11.0. The summed E-state index contributed by atoms with van der Waals surface area (Å²) in [5.41, 5.74) is 0.887. The van der Waals surface area contributed by atoms with E-state index in [-0.39, 0.29) is 5.91 Å². The first-order valence-corrected chi connectivity index (χ1v) is 7.03. The molecule has 0 aliphatic carbocycles. The lowest BCUT2D eigenvalue weighted by molar-refractivity contribution is -0.120. The minimum Gasteiger partial charge on any atom is -0.497 e. The fourth-order valence-corrected chi connectivity index (χ4v) is 2.19. The number of rotatable bonds is 4. The average molecular weight is 304 g/mol. The van der Waals surface area contributed by atoms with Crippen molar-refractivity contribution in [3.8, 4) is 5.75 Å². The first kappa shape index (κ1) is 15.4. The van der Waals surface area contributed by atoms with Gasteiger partial charge in [0.05, 0.1) is 12.5 Å². The molecule has 0 spiro atoms. The van der Waals surface area contributed by atoms with Crippen molar-refractivity contribution < 1.29 is 9.53 Å². The van der Waals surface area contributed by atoms with Crippen molar-refractivity contribution in [3.05, 3.63) is 59.1 Å². The Labute approximate surface area is 129 Å². The third-order valence-corrected chi connectivity index (χ3v) is 3.68. The van der Waals surface area contributed by atoms with Crippen molar-refractivity contribution in [2.45, 2.75) is 19.3 Å². The minimum absolute atomic E-state index is 0.0991. The zero-order chi connectivity index (χ0) is 15.5. The van der Waals surface area contributed by atoms with Crippen LogP contribution in [0.2, 0.25) is 5.02 Å². The molecule has 0 saturated heterocycles. The lowest BCUT2D eigenvalue weighted by atomic mass is 9.83. The summed E-state index contributed by atoms with van der Waals surface area (Å²) >= 11 is 6.01. The molecule has 0 bridgehead atoms. The molecule has 2 aromatic carbocycles. The number of amides is 1. The first-order chi connectivity index (χ1) is 9.93. The van der Waals surface area contributed by atoms with Crippen molar-refractivity contribution in [2.75, 3.05) is 12.4 Å². The molecule has 0 aromatic heterocycles. The van der Waals surface area contributed by atoms with E-state index in [2.05, 4.69) is 5.32 Å². The van der Waals surface area contributed by atoms with Crippen LogP contribution in [0.3, 0.4) is 0 Å². The predicted molar refractivity (Wildman–Crippen MR) is 86.1 cm³/mol. The maximum atomic E-state index is 12.6. The Bertz CT molecular complexity index is 653. The van der Waals surface area contributed by atoms with Gasteiger partial charge in [-0.15, -0.1) is 0 Å². The molecular formula is C17H18ClNO2. The van der Waals surface area contributed by atoms with Gasteiger partial charge in [-0.05, 0) is 43.7 Å². The highest BCUT2D eigenvalue weighted by Crippen LogP contribution is 2.27. The van der Waals surface area contributed by atoms with Crippen molar-refractivity contribution in [2.24, 2.45) is 0 Å². The summed E-state index contributed by atoms with van der Waals surface area (Å²) in [5, 5.41) is 3.53. The van der Waals surface area contributed by atoms with Gasteiger partial charge >= 0.3 is 0 Å². The molecule has 0 aliphatic heterocycles. The van der Waals surface area contributed by atoms with Gasteiger partial charge in [-0.25, -0.2) is 0 Å². The van der Waals surface area contributed by atoms with E-state index < -0.39 is 5.41 Å². The number of methoxy groups -OCH3 is 1. The topological polar surface area (TPSA) is 38.3 Å². The van der Waals surface area contributed by atoms with Gasteiger partial charge in [0.25, 0.3) is 0 Å². The van der Waals surface area contributed by atoms with E-state index in [0.717, 1.165) is 5.56 Å². The molecule has 1 amide bonds. The number of anilines is 1. The zero-order valence-corrected chi connectivity index (χ0v) is 13.1. The van der Waals surface area contributed by atoms with Crippen LogP contribution in [0.1, 0.15) is 19.4 Å². The van der Waals surface area contributed by atoms with Gasteiger partial charge in [-0.2, -0.15) is 0 Å². The van der Waals surface area contributed by atoms with Gasteiger partial charge in [0.15, 0.2) is 0 Å². The number of carbonyl (C=O) groups excluding carboxylic acids is 1. The highest BCUT2D eigenvalue weighted by atomic mass is 35.5. The van der Waals surface area contributed by atoms with Crippen molar-refractivity contribution >= 4 is 23.2 Å². The largest absolute Gasteiger partial charge is 0.497 e. The quantitative estimate of drug-likeness (QED) is 0.916. The SMILES string of the molecule is COc1cccc(NC(=O)C(C)(C)c2cccc(Cl)c2)c1. The van der Waals surface area contributed by atoms with E-state index in [9.17, 15) is 4.79 Å². The molecule has 0 saturated carbocycles. The predicted octanol–water partition coefficient (Wildman–Crippen LogP) is 4.26. The van der Waals surface area contributed by atoms with Crippen molar-refractivity contribution in [1.29, 1.82) is 0 Å². The third kappa shape index (κ3) is 3.56. The van der Waals surface area contributed by atoms with Crippen molar-refractivity contribution in [3.63, 3.8) is 0 Å². The molecule has 2 rings (SSSR count). The highest BCUT2D eigenvalue weighted by molar-refractivity contribution is 6.30. The Balaban J connectivity index is 2.22. The molecule has 2 aromatic rings. The number of halogens is 1. The molecule has 4 heteroatoms. The second-order valence-electron chi connectivity index (χ2n) is 5.32. The van der Waals surface area contributed by atoms with E-state index in [1.807, 2.05) is 50.2 Å². The van der Waals surface area contributed by atoms with Gasteiger partial charge < -0.3 is 10.1 Å². The lowest BCUT2D eigenvalue weighted by Crippen LogP contribution is -2.34. The van der Waals surface area contributed by atoms with Crippen LogP contribution in [0, 0.1) is 0 Å². The Hall–Kier alpha value is -2.00. The number of carbonyl (C=O) groups is 1. The van der Waals surface area contributed by atoms with Crippen LogP contribution in [0.5, 0.6) is 5.75 Å². The Morgan fingerprint density at radius 3 is 2.52 bits per heavy atom. The maximum absolute atomic E-state index is 12.6. The molecule has 1 N–H and O–H groups in total. The summed E-state index contributed by atoms with van der Waals surface area (Å²) in [6, 6.07) is 14.6. The standard InChI is InChI=1S/C17H18ClNO2/c1-17(2,12-6-4-7-13(18)10-12)16(20)19-14-8-5-9-15(11-14)21-3/h4-11H,1-3H3,(H,19,20). The highest BCUT2D eigenvalue weighted by Gasteiger charge is 2.30. The molecule has 110 valence electrons. The van der Waals surface area contributed by atoms with Crippen LogP contribution in [-0.4, -0.2) is 13.0 Å². The molecule has 0 heterocycles. The average Bonchev–Trinajstić information content (AvgIpc) is 2.47. The van der Waals surface area contributed by atoms with Crippen LogP contribution >= 0.6 is 11.6 Å². The van der Waals surface area contributed by atoms with E-state index >= 15 is 0 Å². The Kier molecular flexibility index (Phi) is 4.53. The monoisotopic (exact) mass is 303 g/mol. The number of hydrogen-bond acceptors (Lipinski definition) is 2. The summed E-state index contributed by atoms with van der Waals surface area (Å²) < 4.78 is 5.15. The molecule has 0 atom stereocenters. The summed E-state index contributed by atoms with van der Waals surface area (Å²) in [7, 11) is 1.59. The number of benzene rings is 2. The van der Waals surface area contributed by atoms with Gasteiger partial charge in [-0.3, -0.25) is 4.79 Å². The molecule has 0 radical (unpaired) electrons. The smallest absolute Gasteiger partial charge is 0.234 e. The van der Waals surface area contributed by atoms with Crippen molar-refractivity contribution in [1.82, 2.24) is 0 Å². The fraction of sp³-hybridized carbons (Fsp3) is 0.235. The van der Waals surface area contributed by atoms with Gasteiger partial charge in [0.2, 0.25) is 5.91 Å². The lowest BCUT2D eigenvalue weighted by Gasteiger charge is -2.24. The molecule has 0 fully saturated rings. The van der Waals surface area contributed by atoms with E-state index in [1.165, 1.54) is 0 Å². The second-order valence-corrected chi connectivity index (χ2v) is 5.76. The fourth-order valence-electron chi connectivity index (χ4n) is 2.00. The zero-order valence-electron chi connectivity index (χ0n) is 12.3. The van der Waals surface area contributed by atoms with E-state index in [1.54, 1.807) is 19.2 Å². The molecular weight excluding hydrogens is 286 g/mol. The van der Waals surface area contributed by atoms with E-state index in [0.29, 0.717) is 16.5 Å². The Morgan fingerprint density at radius 1 is 1.14 bits per heavy atom. The number of hydrogen-bond donors (Lipinski definition) is 1. The van der Waals surface area contributed by atoms with Gasteiger partial charge in [-0.1, -0.05) is 29.8 Å². The first-order valence-electron chi connectivity index (χ1n) is 6.65. The Morgan fingerprint density at radius 2 is 1.86 bits per heavy atom. The molecule has 21 heavy (non-hydrogen) atoms. The van der Waals surface area contributed by atoms with E-state index in [4.69, 9.17) is 16.3 Å². The van der Waals surface area contributed by atoms with Crippen LogP contribution in [0.4, 0.5) is 5.69 Å². The molecule has 0 unspecified atom stereocenters. The summed E-state index contributed by atoms with van der Waals surface area (Å²) in [6.45, 7) is 3.74. The minimum atomic E-state index is -0.687. The maximum Gasteiger partial charge on any atom is 0.234 e. The van der Waals surface area contributed by atoms with Crippen LogP contribution in [0.25, 0.3) is 0 Å². The molecule has 0 aliphatic rings. The number of nitrogens with one attached hydrogen (secondary N) is 1. The van der Waals surface area contributed by atoms with Gasteiger partial charge in [0, 0.05) is 16.8 Å². The van der Waals surface area contributed by atoms with Crippen LogP contribution in [0.15, 0.2) is 48.5 Å². The van der Waals surface area contributed by atoms with Crippen LogP contribution in [-0.2, 0) is 10.2 Å². The summed E-state index contributed by atoms with van der Waals surface area (Å²) in [5.74, 6) is 0.603. The summed E-state index contributed by atoms with van der Waals surface area (Å²) in [6.07, 6.45) is 0. The summed E-state index contributed by atoms with van der Waals surface area (Å²) in [4.78, 5) is 12.6.